The number of rotatable bonds is 6. The van der Waals surface area contributed by atoms with Crippen LogP contribution in [0.25, 0.3) is 0 Å². The molecule has 3 rings (SSSR count). The molecule has 1 saturated heterocycles. The highest BCUT2D eigenvalue weighted by atomic mass is 32.2. The highest BCUT2D eigenvalue weighted by molar-refractivity contribution is 7.89. The normalized spacial score (nSPS) is 16.3. The van der Waals surface area contributed by atoms with Crippen LogP contribution < -0.4 is 0 Å². The van der Waals surface area contributed by atoms with E-state index in [2.05, 4.69) is 9.88 Å². The fraction of sp³-hybridized carbons (Fsp3) is 0.368. The number of carboxylic acid groups (broad SMARTS) is 1. The molecule has 0 spiro atoms. The summed E-state index contributed by atoms with van der Waals surface area (Å²) in [4.78, 5) is 17.8. The zero-order valence-corrected chi connectivity index (χ0v) is 16.0. The van der Waals surface area contributed by atoms with E-state index in [4.69, 9.17) is 5.11 Å². The highest BCUT2D eigenvalue weighted by Crippen LogP contribution is 2.22. The maximum absolute atomic E-state index is 13.0. The van der Waals surface area contributed by atoms with Crippen molar-refractivity contribution in [3.05, 3.63) is 59.4 Å². The second-order valence-corrected chi connectivity index (χ2v) is 8.51. The zero-order chi connectivity index (χ0) is 19.4. The third-order valence-corrected chi connectivity index (χ3v) is 6.84. The van der Waals surface area contributed by atoms with Crippen LogP contribution in [0.3, 0.4) is 0 Å². The molecule has 2 heterocycles. The van der Waals surface area contributed by atoms with Gasteiger partial charge in [-0.1, -0.05) is 12.1 Å². The molecule has 0 amide bonds. The maximum atomic E-state index is 13.0. The third-order valence-electron chi connectivity index (χ3n) is 4.79. The van der Waals surface area contributed by atoms with Crippen molar-refractivity contribution in [3.63, 3.8) is 0 Å². The van der Waals surface area contributed by atoms with E-state index in [0.717, 1.165) is 18.7 Å². The van der Waals surface area contributed by atoms with Gasteiger partial charge in [0.2, 0.25) is 10.0 Å². The lowest BCUT2D eigenvalue weighted by molar-refractivity contribution is 0.0696. The van der Waals surface area contributed by atoms with E-state index >= 15 is 0 Å². The molecule has 0 saturated carbocycles. The lowest BCUT2D eigenvalue weighted by Gasteiger charge is -2.34. The average Bonchev–Trinajstić information content (AvgIpc) is 2.67. The fourth-order valence-electron chi connectivity index (χ4n) is 3.16. The van der Waals surface area contributed by atoms with E-state index in [0.29, 0.717) is 31.7 Å². The van der Waals surface area contributed by atoms with Crippen LogP contribution >= 0.6 is 0 Å². The summed E-state index contributed by atoms with van der Waals surface area (Å²) in [5.74, 6) is -1.13. The molecule has 0 unspecified atom stereocenters. The first-order chi connectivity index (χ1) is 12.9. The smallest absolute Gasteiger partial charge is 0.335 e. The molecule has 27 heavy (non-hydrogen) atoms. The van der Waals surface area contributed by atoms with E-state index in [1.54, 1.807) is 19.2 Å². The molecule has 0 bridgehead atoms. The Morgan fingerprint density at radius 1 is 1.15 bits per heavy atom. The minimum atomic E-state index is -3.71. The van der Waals surface area contributed by atoms with E-state index in [-0.39, 0.29) is 10.5 Å². The number of piperazine rings is 1. The number of aryl methyl sites for hydroxylation is 1. The van der Waals surface area contributed by atoms with E-state index in [1.165, 1.54) is 16.4 Å². The van der Waals surface area contributed by atoms with Gasteiger partial charge < -0.3 is 10.0 Å². The number of carbonyl (C=O) groups is 1. The molecule has 1 fully saturated rings. The molecule has 1 aromatic heterocycles. The topological polar surface area (TPSA) is 90.8 Å². The molecule has 2 aromatic rings. The van der Waals surface area contributed by atoms with Crippen molar-refractivity contribution in [1.82, 2.24) is 14.2 Å². The van der Waals surface area contributed by atoms with Crippen molar-refractivity contribution in [3.8, 4) is 0 Å². The lowest BCUT2D eigenvalue weighted by atomic mass is 10.1. The van der Waals surface area contributed by atoms with Gasteiger partial charge in [-0.2, -0.15) is 4.31 Å². The van der Waals surface area contributed by atoms with Crippen LogP contribution in [0.2, 0.25) is 0 Å². The number of pyridine rings is 1. The number of carboxylic acids is 1. The molecule has 7 nitrogen and oxygen atoms in total. The predicted octanol–water partition coefficient (Wildman–Crippen LogP) is 1.64. The maximum Gasteiger partial charge on any atom is 0.335 e. The first kappa shape index (κ1) is 19.5. The quantitative estimate of drug-likeness (QED) is 0.808. The van der Waals surface area contributed by atoms with Gasteiger partial charge in [-0.15, -0.1) is 0 Å². The van der Waals surface area contributed by atoms with E-state index in [1.807, 2.05) is 18.2 Å². The third kappa shape index (κ3) is 4.52. The molecule has 0 aliphatic carbocycles. The Hall–Kier alpha value is -2.29. The highest BCUT2D eigenvalue weighted by Gasteiger charge is 2.30. The predicted molar refractivity (Wildman–Crippen MR) is 101 cm³/mol. The second kappa shape index (κ2) is 8.16. The number of hydrogen-bond donors (Lipinski definition) is 1. The summed E-state index contributed by atoms with van der Waals surface area (Å²) in [5, 5.41) is 9.14. The summed E-state index contributed by atoms with van der Waals surface area (Å²) < 4.78 is 27.4. The Morgan fingerprint density at radius 2 is 1.89 bits per heavy atom. The van der Waals surface area contributed by atoms with Crippen LogP contribution in [0.15, 0.2) is 47.5 Å². The monoisotopic (exact) mass is 389 g/mol. The van der Waals surface area contributed by atoms with Gasteiger partial charge in [0.1, 0.15) is 0 Å². The van der Waals surface area contributed by atoms with Crippen molar-refractivity contribution >= 4 is 16.0 Å². The average molecular weight is 389 g/mol. The molecule has 1 N–H and O–H groups in total. The first-order valence-corrected chi connectivity index (χ1v) is 10.3. The molecule has 144 valence electrons. The Morgan fingerprint density at radius 3 is 2.52 bits per heavy atom. The summed E-state index contributed by atoms with van der Waals surface area (Å²) in [6.45, 7) is 4.58. The van der Waals surface area contributed by atoms with Crippen molar-refractivity contribution in [1.29, 1.82) is 0 Å². The molecular formula is C19H23N3O4S. The molecular weight excluding hydrogens is 366 g/mol. The van der Waals surface area contributed by atoms with Crippen molar-refractivity contribution in [2.24, 2.45) is 0 Å². The first-order valence-electron chi connectivity index (χ1n) is 8.84. The van der Waals surface area contributed by atoms with Crippen LogP contribution in [0.4, 0.5) is 0 Å². The van der Waals surface area contributed by atoms with Crippen LogP contribution in [0, 0.1) is 6.92 Å². The number of nitrogens with zero attached hydrogens (tertiary/aromatic N) is 3. The molecule has 1 aliphatic rings. The van der Waals surface area contributed by atoms with Crippen molar-refractivity contribution < 1.29 is 18.3 Å². The molecule has 1 aromatic carbocycles. The van der Waals surface area contributed by atoms with Crippen molar-refractivity contribution in [2.75, 3.05) is 32.7 Å². The summed E-state index contributed by atoms with van der Waals surface area (Å²) in [6, 6.07) is 10.0. The summed E-state index contributed by atoms with van der Waals surface area (Å²) >= 11 is 0. The van der Waals surface area contributed by atoms with Gasteiger partial charge in [0.05, 0.1) is 10.5 Å². The number of hydrogen-bond acceptors (Lipinski definition) is 5. The zero-order valence-electron chi connectivity index (χ0n) is 15.2. The van der Waals surface area contributed by atoms with Gasteiger partial charge in [0.15, 0.2) is 0 Å². The van der Waals surface area contributed by atoms with Gasteiger partial charge in [-0.25, -0.2) is 13.2 Å². The Labute approximate surface area is 159 Å². The lowest BCUT2D eigenvalue weighted by Crippen LogP contribution is -2.49. The summed E-state index contributed by atoms with van der Waals surface area (Å²) in [6.07, 6.45) is 2.60. The fourth-order valence-corrected chi connectivity index (χ4v) is 4.84. The number of sulfonamides is 1. The Bertz CT molecular complexity index is 908. The van der Waals surface area contributed by atoms with Crippen LogP contribution in [0.5, 0.6) is 0 Å². The number of benzene rings is 1. The molecule has 1 aliphatic heterocycles. The number of aromatic nitrogens is 1. The van der Waals surface area contributed by atoms with Gasteiger partial charge >= 0.3 is 5.97 Å². The Balaban J connectivity index is 1.65. The van der Waals surface area contributed by atoms with Crippen LogP contribution in [0.1, 0.15) is 21.6 Å². The Kier molecular flexibility index (Phi) is 5.88. The molecule has 0 atom stereocenters. The van der Waals surface area contributed by atoms with E-state index < -0.39 is 16.0 Å². The number of aromatic carboxylic acids is 1. The minimum Gasteiger partial charge on any atom is -0.478 e. The standard InChI is InChI=1S/C19H23N3O4S/c1-15-5-6-16(19(23)24)14-18(15)27(25,26)22-12-10-21(11-13-22)9-7-17-4-2-3-8-20-17/h2-6,8,14H,7,9-13H2,1H3,(H,23,24). The molecule has 8 heteroatoms. The van der Waals surface area contributed by atoms with Gasteiger partial charge in [-0.3, -0.25) is 4.98 Å². The van der Waals surface area contributed by atoms with Gasteiger partial charge in [0.25, 0.3) is 0 Å². The van der Waals surface area contributed by atoms with Crippen LogP contribution in [-0.2, 0) is 16.4 Å². The van der Waals surface area contributed by atoms with Crippen molar-refractivity contribution in [2.45, 2.75) is 18.2 Å². The summed E-state index contributed by atoms with van der Waals surface area (Å²) in [5.41, 5.74) is 1.56. The van der Waals surface area contributed by atoms with Gasteiger partial charge in [0, 0.05) is 51.0 Å². The largest absolute Gasteiger partial charge is 0.478 e. The van der Waals surface area contributed by atoms with Crippen LogP contribution in [-0.4, -0.2) is 66.4 Å². The summed E-state index contributed by atoms with van der Waals surface area (Å²) in [7, 11) is -3.71. The second-order valence-electron chi connectivity index (χ2n) is 6.60. The van der Waals surface area contributed by atoms with Gasteiger partial charge in [-0.05, 0) is 36.8 Å². The SMILES string of the molecule is Cc1ccc(C(=O)O)cc1S(=O)(=O)N1CCN(CCc2ccccn2)CC1. The van der Waals surface area contributed by atoms with E-state index in [9.17, 15) is 13.2 Å². The molecule has 0 radical (unpaired) electrons. The minimum absolute atomic E-state index is 0.0202.